The number of rotatable bonds is 5. The summed E-state index contributed by atoms with van der Waals surface area (Å²) in [5, 5.41) is 2.60. The molecule has 0 bridgehead atoms. The lowest BCUT2D eigenvalue weighted by molar-refractivity contribution is -0.115. The Balaban J connectivity index is 2.08. The molecule has 0 aliphatic heterocycles. The summed E-state index contributed by atoms with van der Waals surface area (Å²) >= 11 is 2.85. The van der Waals surface area contributed by atoms with Crippen molar-refractivity contribution in [3.8, 4) is 10.8 Å². The van der Waals surface area contributed by atoms with Gasteiger partial charge in [0.2, 0.25) is 0 Å². The van der Waals surface area contributed by atoms with E-state index in [1.807, 2.05) is 30.3 Å². The summed E-state index contributed by atoms with van der Waals surface area (Å²) in [6.07, 6.45) is 0. The molecule has 84 valence electrons. The number of ether oxygens (including phenoxy) is 1. The van der Waals surface area contributed by atoms with Gasteiger partial charge < -0.3 is 10.1 Å². The number of carbonyl (C=O) groups excluding carboxylic acids is 1. The fraction of sp³-hybridized carbons (Fsp3) is 0.250. The van der Waals surface area contributed by atoms with Gasteiger partial charge in [-0.3, -0.25) is 4.79 Å². The van der Waals surface area contributed by atoms with E-state index in [-0.39, 0.29) is 5.91 Å². The van der Waals surface area contributed by atoms with Crippen molar-refractivity contribution < 1.29 is 9.53 Å². The maximum Gasteiger partial charge on any atom is 0.296 e. The lowest BCUT2D eigenvalue weighted by Gasteiger charge is -2.04. The molecule has 0 spiro atoms. The highest BCUT2D eigenvalue weighted by molar-refractivity contribution is 9.12. The Bertz CT molecular complexity index is 381. The first kappa shape index (κ1) is 12.8. The lowest BCUT2D eigenvalue weighted by atomic mass is 10.2. The second-order valence-corrected chi connectivity index (χ2v) is 3.41. The van der Waals surface area contributed by atoms with Gasteiger partial charge in [-0.2, -0.15) is 0 Å². The topological polar surface area (TPSA) is 38.3 Å². The zero-order valence-electron chi connectivity index (χ0n) is 8.70. The number of nitrogens with one attached hydrogen (secondary N) is 1. The minimum Gasteiger partial charge on any atom is -0.375 e. The van der Waals surface area contributed by atoms with Gasteiger partial charge in [0.25, 0.3) is 5.91 Å². The average Bonchev–Trinajstić information content (AvgIpc) is 2.30. The summed E-state index contributed by atoms with van der Waals surface area (Å²) in [4.78, 5) is 13.2. The van der Waals surface area contributed by atoms with Crippen LogP contribution >= 0.6 is 15.9 Å². The Morgan fingerprint density at radius 3 is 2.81 bits per heavy atom. The van der Waals surface area contributed by atoms with Gasteiger partial charge in [-0.1, -0.05) is 30.3 Å². The zero-order chi connectivity index (χ0) is 11.6. The molecule has 0 radical (unpaired) electrons. The third-order valence-electron chi connectivity index (χ3n) is 1.80. The van der Waals surface area contributed by atoms with E-state index in [1.54, 1.807) is 0 Å². The van der Waals surface area contributed by atoms with Crippen molar-refractivity contribution in [1.29, 1.82) is 0 Å². The first-order valence-corrected chi connectivity index (χ1v) is 5.63. The van der Waals surface area contributed by atoms with E-state index in [9.17, 15) is 4.79 Å². The van der Waals surface area contributed by atoms with Crippen LogP contribution in [-0.2, 0) is 16.1 Å². The summed E-state index contributed by atoms with van der Waals surface area (Å²) in [5.74, 6) is 2.01. The van der Waals surface area contributed by atoms with Gasteiger partial charge in [0, 0.05) is 28.4 Å². The molecule has 0 saturated carbocycles. The maximum absolute atomic E-state index is 10.9. The van der Waals surface area contributed by atoms with E-state index >= 15 is 0 Å². The van der Waals surface area contributed by atoms with E-state index in [0.29, 0.717) is 19.8 Å². The summed E-state index contributed by atoms with van der Waals surface area (Å²) in [6.45, 7) is 1.50. The molecule has 0 unspecified atom stereocenters. The average molecular weight is 282 g/mol. The van der Waals surface area contributed by atoms with Crippen molar-refractivity contribution >= 4 is 21.8 Å². The summed E-state index contributed by atoms with van der Waals surface area (Å²) in [7, 11) is 0. The third kappa shape index (κ3) is 5.54. The maximum atomic E-state index is 10.9. The predicted octanol–water partition coefficient (Wildman–Crippen LogP) is 1.68. The smallest absolute Gasteiger partial charge is 0.296 e. The van der Waals surface area contributed by atoms with Crippen molar-refractivity contribution in [3.05, 3.63) is 35.9 Å². The molecule has 0 atom stereocenters. The van der Waals surface area contributed by atoms with Crippen LogP contribution in [-0.4, -0.2) is 19.1 Å². The van der Waals surface area contributed by atoms with Crippen LogP contribution in [0.3, 0.4) is 0 Å². The van der Waals surface area contributed by atoms with Crippen LogP contribution < -0.4 is 5.32 Å². The van der Waals surface area contributed by atoms with Crippen molar-refractivity contribution in [1.82, 2.24) is 5.32 Å². The van der Waals surface area contributed by atoms with Gasteiger partial charge in [0.15, 0.2) is 0 Å². The molecule has 4 heteroatoms. The van der Waals surface area contributed by atoms with Crippen LogP contribution in [0.5, 0.6) is 0 Å². The van der Waals surface area contributed by atoms with Crippen molar-refractivity contribution in [2.45, 2.75) is 6.61 Å². The van der Waals surface area contributed by atoms with Gasteiger partial charge in [0.1, 0.15) is 0 Å². The highest BCUT2D eigenvalue weighted by Crippen LogP contribution is 1.99. The standard InChI is InChI=1S/C12H12BrNO2/c13-7-6-12(15)14-8-9-16-10-11-4-2-1-3-5-11/h1-5H,8-10H2,(H,14,15). The summed E-state index contributed by atoms with van der Waals surface area (Å²) in [5.41, 5.74) is 1.12. The highest BCUT2D eigenvalue weighted by atomic mass is 79.9. The SMILES string of the molecule is O=C(C#CBr)NCCOCc1ccccc1. The van der Waals surface area contributed by atoms with Crippen LogP contribution in [0.2, 0.25) is 0 Å². The fourth-order valence-electron chi connectivity index (χ4n) is 1.09. The largest absolute Gasteiger partial charge is 0.375 e. The predicted molar refractivity (Wildman–Crippen MR) is 65.8 cm³/mol. The molecule has 16 heavy (non-hydrogen) atoms. The molecule has 0 heterocycles. The van der Waals surface area contributed by atoms with Crippen LogP contribution in [0, 0.1) is 10.8 Å². The van der Waals surface area contributed by atoms with Crippen molar-refractivity contribution in [2.75, 3.05) is 13.2 Å². The molecule has 1 amide bonds. The molecule has 1 rings (SSSR count). The van der Waals surface area contributed by atoms with E-state index in [4.69, 9.17) is 4.74 Å². The minimum absolute atomic E-state index is 0.305. The van der Waals surface area contributed by atoms with E-state index < -0.39 is 0 Å². The van der Waals surface area contributed by atoms with Crippen molar-refractivity contribution in [2.24, 2.45) is 0 Å². The molecular weight excluding hydrogens is 270 g/mol. The molecular formula is C12H12BrNO2. The number of benzene rings is 1. The summed E-state index contributed by atoms with van der Waals surface area (Å²) in [6, 6.07) is 9.88. The molecule has 3 nitrogen and oxygen atoms in total. The van der Waals surface area contributed by atoms with Gasteiger partial charge in [0.05, 0.1) is 13.2 Å². The Labute approximate surface area is 103 Å². The highest BCUT2D eigenvalue weighted by Gasteiger charge is 1.94. The monoisotopic (exact) mass is 281 g/mol. The molecule has 0 fully saturated rings. The number of hydrogen-bond acceptors (Lipinski definition) is 2. The second-order valence-electron chi connectivity index (χ2n) is 3.01. The van der Waals surface area contributed by atoms with Crippen LogP contribution in [0.15, 0.2) is 30.3 Å². The van der Waals surface area contributed by atoms with Gasteiger partial charge in [-0.25, -0.2) is 0 Å². The van der Waals surface area contributed by atoms with Crippen LogP contribution in [0.4, 0.5) is 0 Å². The second kappa shape index (κ2) is 7.91. The van der Waals surface area contributed by atoms with E-state index in [1.165, 1.54) is 0 Å². The number of hydrogen-bond donors (Lipinski definition) is 1. The molecule has 1 aromatic rings. The Morgan fingerprint density at radius 1 is 1.38 bits per heavy atom. The zero-order valence-corrected chi connectivity index (χ0v) is 10.3. The molecule has 0 aliphatic carbocycles. The first-order valence-electron chi connectivity index (χ1n) is 4.84. The quantitative estimate of drug-likeness (QED) is 0.659. The Morgan fingerprint density at radius 2 is 2.12 bits per heavy atom. The molecule has 0 aliphatic rings. The van der Waals surface area contributed by atoms with Crippen LogP contribution in [0.25, 0.3) is 0 Å². The lowest BCUT2D eigenvalue weighted by Crippen LogP contribution is -2.25. The summed E-state index contributed by atoms with van der Waals surface area (Å²) < 4.78 is 5.37. The third-order valence-corrected chi connectivity index (χ3v) is 2.00. The van der Waals surface area contributed by atoms with E-state index in [0.717, 1.165) is 5.56 Å². The Kier molecular flexibility index (Phi) is 6.31. The number of amides is 1. The normalized spacial score (nSPS) is 9.06. The van der Waals surface area contributed by atoms with Crippen LogP contribution in [0.1, 0.15) is 5.56 Å². The molecule has 1 N–H and O–H groups in total. The van der Waals surface area contributed by atoms with Gasteiger partial charge >= 0.3 is 0 Å². The van der Waals surface area contributed by atoms with Gasteiger partial charge in [-0.05, 0) is 10.4 Å². The number of halogens is 1. The minimum atomic E-state index is -0.305. The molecule has 1 aromatic carbocycles. The number of carbonyl (C=O) groups is 1. The van der Waals surface area contributed by atoms with E-state index in [2.05, 4.69) is 32.0 Å². The molecule has 0 aromatic heterocycles. The first-order chi connectivity index (χ1) is 7.83. The van der Waals surface area contributed by atoms with Gasteiger partial charge in [-0.15, -0.1) is 0 Å². The Hall–Kier alpha value is -1.31. The van der Waals surface area contributed by atoms with Crippen molar-refractivity contribution in [3.63, 3.8) is 0 Å². The molecule has 0 saturated heterocycles. The fourth-order valence-corrected chi connectivity index (χ4v) is 1.27.